The molecule has 0 aliphatic heterocycles. The van der Waals surface area contributed by atoms with E-state index in [-0.39, 0.29) is 18.3 Å². The van der Waals surface area contributed by atoms with Gasteiger partial charge in [0.15, 0.2) is 0 Å². The maximum atomic E-state index is 12.2. The number of fused-ring (bicyclic) bond motifs is 1. The Kier molecular flexibility index (Phi) is 7.72. The van der Waals surface area contributed by atoms with E-state index in [0.717, 1.165) is 46.5 Å². The van der Waals surface area contributed by atoms with Gasteiger partial charge in [0.1, 0.15) is 11.5 Å². The summed E-state index contributed by atoms with van der Waals surface area (Å²) in [6.07, 6.45) is 1.66. The second-order valence-corrected chi connectivity index (χ2v) is 6.35. The Hall–Kier alpha value is -2.70. The third kappa shape index (κ3) is 4.97. The van der Waals surface area contributed by atoms with E-state index in [1.54, 1.807) is 26.4 Å². The number of methoxy groups -OCH3 is 2. The predicted molar refractivity (Wildman–Crippen MR) is 114 cm³/mol. The van der Waals surface area contributed by atoms with Crippen LogP contribution < -0.4 is 20.5 Å². The molecule has 0 radical (unpaired) electrons. The van der Waals surface area contributed by atoms with E-state index in [4.69, 9.17) is 15.2 Å². The summed E-state index contributed by atoms with van der Waals surface area (Å²) in [5, 5.41) is 3.98. The van der Waals surface area contributed by atoms with Gasteiger partial charge in [0, 0.05) is 41.9 Å². The van der Waals surface area contributed by atoms with Crippen molar-refractivity contribution < 1.29 is 14.3 Å². The van der Waals surface area contributed by atoms with E-state index in [0.29, 0.717) is 18.7 Å². The maximum absolute atomic E-state index is 12.2. The summed E-state index contributed by atoms with van der Waals surface area (Å²) in [4.78, 5) is 15.6. The molecule has 3 rings (SSSR count). The van der Waals surface area contributed by atoms with Crippen molar-refractivity contribution in [3.8, 4) is 11.5 Å². The Balaban J connectivity index is 0.00000280. The van der Waals surface area contributed by atoms with Crippen molar-refractivity contribution in [2.75, 3.05) is 20.8 Å². The van der Waals surface area contributed by atoms with Crippen LogP contribution in [0.2, 0.25) is 0 Å². The number of halogens is 1. The summed E-state index contributed by atoms with van der Waals surface area (Å²) in [5.41, 5.74) is 9.31. The standard InChI is InChI=1S/C21H25N3O3.ClH/c1-26-17-11-19-18(20(12-17)27-2)10-16(24-19)4-3-9-23-21(25)15-7-5-14(13-22)6-8-15;/h5-8,10-12,24H,3-4,9,13,22H2,1-2H3,(H,23,25);1H. The third-order valence-corrected chi connectivity index (χ3v) is 4.55. The molecular formula is C21H26ClN3O3. The van der Waals surface area contributed by atoms with Crippen LogP contribution in [0.25, 0.3) is 10.9 Å². The molecule has 0 spiro atoms. The fraction of sp³-hybridized carbons (Fsp3) is 0.286. The summed E-state index contributed by atoms with van der Waals surface area (Å²) in [6.45, 7) is 1.08. The minimum absolute atomic E-state index is 0. The summed E-state index contributed by atoms with van der Waals surface area (Å²) < 4.78 is 10.7. The number of carbonyl (C=O) groups excluding carboxylic acids is 1. The summed E-state index contributed by atoms with van der Waals surface area (Å²) >= 11 is 0. The van der Waals surface area contributed by atoms with Crippen LogP contribution in [0.4, 0.5) is 0 Å². The van der Waals surface area contributed by atoms with Gasteiger partial charge < -0.3 is 25.5 Å². The molecule has 1 heterocycles. The van der Waals surface area contributed by atoms with Crippen LogP contribution in [0.5, 0.6) is 11.5 Å². The summed E-state index contributed by atoms with van der Waals surface area (Å²) in [6, 6.07) is 13.3. The topological polar surface area (TPSA) is 89.4 Å². The molecule has 0 aliphatic carbocycles. The second kappa shape index (κ2) is 10.0. The largest absolute Gasteiger partial charge is 0.497 e. The van der Waals surface area contributed by atoms with Gasteiger partial charge in [-0.05, 0) is 36.6 Å². The average molecular weight is 404 g/mol. The highest BCUT2D eigenvalue weighted by molar-refractivity contribution is 5.94. The first kappa shape index (κ1) is 21.6. The number of aromatic nitrogens is 1. The average Bonchev–Trinajstić information content (AvgIpc) is 3.13. The second-order valence-electron chi connectivity index (χ2n) is 6.35. The number of H-pyrrole nitrogens is 1. The molecule has 6 nitrogen and oxygen atoms in total. The van der Waals surface area contributed by atoms with E-state index in [1.165, 1.54) is 0 Å². The zero-order valence-corrected chi connectivity index (χ0v) is 16.9. The zero-order chi connectivity index (χ0) is 19.2. The van der Waals surface area contributed by atoms with E-state index < -0.39 is 0 Å². The van der Waals surface area contributed by atoms with Crippen molar-refractivity contribution in [1.29, 1.82) is 0 Å². The number of nitrogens with one attached hydrogen (secondary N) is 2. The Morgan fingerprint density at radius 2 is 1.86 bits per heavy atom. The van der Waals surface area contributed by atoms with Crippen LogP contribution in [-0.4, -0.2) is 31.7 Å². The van der Waals surface area contributed by atoms with Gasteiger partial charge in [-0.15, -0.1) is 12.4 Å². The van der Waals surface area contributed by atoms with Crippen LogP contribution in [0, 0.1) is 0 Å². The molecule has 150 valence electrons. The highest BCUT2D eigenvalue weighted by atomic mass is 35.5. The van der Waals surface area contributed by atoms with Crippen LogP contribution in [0.15, 0.2) is 42.5 Å². The molecule has 0 saturated carbocycles. The van der Waals surface area contributed by atoms with Gasteiger partial charge in [-0.2, -0.15) is 0 Å². The first-order valence-electron chi connectivity index (χ1n) is 8.95. The number of aryl methyl sites for hydroxylation is 1. The quantitative estimate of drug-likeness (QED) is 0.503. The fourth-order valence-electron chi connectivity index (χ4n) is 3.03. The van der Waals surface area contributed by atoms with E-state index in [9.17, 15) is 4.79 Å². The monoisotopic (exact) mass is 403 g/mol. The van der Waals surface area contributed by atoms with Crippen LogP contribution in [0.1, 0.15) is 28.0 Å². The summed E-state index contributed by atoms with van der Waals surface area (Å²) in [5.74, 6) is 1.46. The number of amides is 1. The maximum Gasteiger partial charge on any atom is 0.251 e. The minimum Gasteiger partial charge on any atom is -0.497 e. The third-order valence-electron chi connectivity index (χ3n) is 4.55. The number of benzene rings is 2. The van der Waals surface area contributed by atoms with Gasteiger partial charge in [-0.25, -0.2) is 0 Å². The molecule has 3 aromatic rings. The van der Waals surface area contributed by atoms with Crippen LogP contribution in [0.3, 0.4) is 0 Å². The Morgan fingerprint density at radius 3 is 2.50 bits per heavy atom. The number of ether oxygens (including phenoxy) is 2. The van der Waals surface area contributed by atoms with Crippen molar-refractivity contribution in [1.82, 2.24) is 10.3 Å². The molecule has 0 unspecified atom stereocenters. The van der Waals surface area contributed by atoms with Gasteiger partial charge in [-0.1, -0.05) is 12.1 Å². The number of hydrogen-bond acceptors (Lipinski definition) is 4. The molecule has 0 atom stereocenters. The van der Waals surface area contributed by atoms with E-state index >= 15 is 0 Å². The molecule has 0 bridgehead atoms. The molecule has 4 N–H and O–H groups in total. The first-order valence-corrected chi connectivity index (χ1v) is 8.95. The molecule has 0 saturated heterocycles. The Morgan fingerprint density at radius 1 is 1.11 bits per heavy atom. The minimum atomic E-state index is -0.0679. The summed E-state index contributed by atoms with van der Waals surface area (Å²) in [7, 11) is 3.28. The number of rotatable bonds is 8. The highest BCUT2D eigenvalue weighted by Gasteiger charge is 2.09. The van der Waals surface area contributed by atoms with Gasteiger partial charge in [0.05, 0.1) is 19.7 Å². The lowest BCUT2D eigenvalue weighted by atomic mass is 10.1. The van der Waals surface area contributed by atoms with Crippen LogP contribution >= 0.6 is 12.4 Å². The van der Waals surface area contributed by atoms with Gasteiger partial charge >= 0.3 is 0 Å². The highest BCUT2D eigenvalue weighted by Crippen LogP contribution is 2.31. The Bertz CT molecular complexity index is 923. The molecule has 0 fully saturated rings. The lowest BCUT2D eigenvalue weighted by Gasteiger charge is -2.05. The van der Waals surface area contributed by atoms with Crippen molar-refractivity contribution in [3.05, 3.63) is 59.3 Å². The van der Waals surface area contributed by atoms with E-state index in [2.05, 4.69) is 16.4 Å². The molecule has 28 heavy (non-hydrogen) atoms. The first-order chi connectivity index (χ1) is 13.1. The van der Waals surface area contributed by atoms with Crippen molar-refractivity contribution >= 4 is 29.2 Å². The van der Waals surface area contributed by atoms with Crippen molar-refractivity contribution in [2.45, 2.75) is 19.4 Å². The zero-order valence-electron chi connectivity index (χ0n) is 16.1. The normalized spacial score (nSPS) is 10.4. The van der Waals surface area contributed by atoms with Crippen molar-refractivity contribution in [3.63, 3.8) is 0 Å². The number of nitrogens with two attached hydrogens (primary N) is 1. The predicted octanol–water partition coefficient (Wildman–Crippen LogP) is 3.43. The number of carbonyl (C=O) groups is 1. The SMILES string of the molecule is COc1cc(OC)c2cc(CCCNC(=O)c3ccc(CN)cc3)[nH]c2c1.Cl. The molecular weight excluding hydrogens is 378 g/mol. The van der Waals surface area contributed by atoms with E-state index in [1.807, 2.05) is 24.3 Å². The molecule has 2 aromatic carbocycles. The smallest absolute Gasteiger partial charge is 0.251 e. The number of aromatic amines is 1. The van der Waals surface area contributed by atoms with Crippen LogP contribution in [-0.2, 0) is 13.0 Å². The Labute approximate surface area is 170 Å². The fourth-order valence-corrected chi connectivity index (χ4v) is 3.03. The molecule has 0 aliphatic rings. The lowest BCUT2D eigenvalue weighted by molar-refractivity contribution is 0.0953. The van der Waals surface area contributed by atoms with Gasteiger partial charge in [0.2, 0.25) is 0 Å². The van der Waals surface area contributed by atoms with Crippen molar-refractivity contribution in [2.24, 2.45) is 5.73 Å². The molecule has 1 amide bonds. The van der Waals surface area contributed by atoms with Gasteiger partial charge in [0.25, 0.3) is 5.91 Å². The molecule has 1 aromatic heterocycles. The lowest BCUT2D eigenvalue weighted by Crippen LogP contribution is -2.24. The van der Waals surface area contributed by atoms with Gasteiger partial charge in [-0.3, -0.25) is 4.79 Å². The number of hydrogen-bond donors (Lipinski definition) is 3. The molecule has 7 heteroatoms.